The van der Waals surface area contributed by atoms with Gasteiger partial charge in [0, 0.05) is 24.9 Å². The van der Waals surface area contributed by atoms with E-state index in [-0.39, 0.29) is 31.0 Å². The van der Waals surface area contributed by atoms with Crippen LogP contribution in [-0.4, -0.2) is 70.2 Å². The van der Waals surface area contributed by atoms with Gasteiger partial charge in [-0.25, -0.2) is 20.4 Å². The van der Waals surface area contributed by atoms with Gasteiger partial charge in [0.1, 0.15) is 17.8 Å². The lowest BCUT2D eigenvalue weighted by molar-refractivity contribution is -0.146. The first kappa shape index (κ1) is 38.3. The molecule has 2 heterocycles. The third kappa shape index (κ3) is 10.1. The number of carboxylic acids is 1. The number of hydrogen-bond acceptors (Lipinski definition) is 9. The van der Waals surface area contributed by atoms with Crippen molar-refractivity contribution >= 4 is 35.3 Å². The minimum atomic E-state index is -1.46. The number of H-pyrrole nitrogens is 1. The average molecular weight is 742 g/mol. The van der Waals surface area contributed by atoms with Gasteiger partial charge in [0.2, 0.25) is 11.8 Å². The molecule has 0 fully saturated rings. The SMILES string of the molecule is CCCCc1nc(Cl)c(CNC(=O)CC[C@@H](NC(=O)C(Cc2ccccc2)C(=O)NO)C(=O)O)n1Cc1ccc(-c2ccccc2-c2nnn[nH]2)cc1. The van der Waals surface area contributed by atoms with Crippen molar-refractivity contribution in [3.63, 3.8) is 0 Å². The number of halogens is 1. The molecule has 3 aromatic carbocycles. The number of aromatic amines is 1. The fraction of sp³-hybridized carbons (Fsp3) is 0.297. The first-order valence-corrected chi connectivity index (χ1v) is 17.5. The van der Waals surface area contributed by atoms with Gasteiger partial charge in [0.15, 0.2) is 11.0 Å². The predicted molar refractivity (Wildman–Crippen MR) is 194 cm³/mol. The summed E-state index contributed by atoms with van der Waals surface area (Å²) in [4.78, 5) is 54.9. The topological polar surface area (TPSA) is 217 Å². The number of nitrogens with one attached hydrogen (secondary N) is 4. The van der Waals surface area contributed by atoms with Crippen molar-refractivity contribution in [3.8, 4) is 22.5 Å². The number of nitrogens with zero attached hydrogens (tertiary/aromatic N) is 5. The van der Waals surface area contributed by atoms with E-state index in [1.807, 2.05) is 53.1 Å². The van der Waals surface area contributed by atoms with Crippen LogP contribution in [0.3, 0.4) is 0 Å². The number of tetrazole rings is 1. The number of hydroxylamine groups is 1. The van der Waals surface area contributed by atoms with E-state index in [1.54, 1.807) is 30.3 Å². The highest BCUT2D eigenvalue weighted by Gasteiger charge is 2.31. The monoisotopic (exact) mass is 741 g/mol. The highest BCUT2D eigenvalue weighted by atomic mass is 35.5. The summed E-state index contributed by atoms with van der Waals surface area (Å²) in [5, 5.41) is 38.7. The van der Waals surface area contributed by atoms with Crippen LogP contribution in [0.2, 0.25) is 5.15 Å². The molecule has 5 rings (SSSR count). The molecule has 3 amide bonds. The molecule has 0 radical (unpaired) electrons. The van der Waals surface area contributed by atoms with E-state index in [4.69, 9.17) is 11.6 Å². The summed E-state index contributed by atoms with van der Waals surface area (Å²) >= 11 is 6.62. The highest BCUT2D eigenvalue weighted by Crippen LogP contribution is 2.30. The van der Waals surface area contributed by atoms with Crippen molar-refractivity contribution in [2.45, 2.75) is 64.6 Å². The first-order chi connectivity index (χ1) is 25.7. The van der Waals surface area contributed by atoms with Crippen molar-refractivity contribution in [1.29, 1.82) is 0 Å². The summed E-state index contributed by atoms with van der Waals surface area (Å²) in [6.45, 7) is 2.56. The average Bonchev–Trinajstić information content (AvgIpc) is 3.82. The molecule has 1 unspecified atom stereocenters. The smallest absolute Gasteiger partial charge is 0.326 e. The number of aliphatic carboxylic acids is 1. The first-order valence-electron chi connectivity index (χ1n) is 17.1. The van der Waals surface area contributed by atoms with Crippen molar-refractivity contribution in [3.05, 3.63) is 107 Å². The van der Waals surface area contributed by atoms with Crippen molar-refractivity contribution in [2.24, 2.45) is 5.92 Å². The van der Waals surface area contributed by atoms with Crippen molar-refractivity contribution in [2.75, 3.05) is 0 Å². The second-order valence-electron chi connectivity index (χ2n) is 12.4. The lowest BCUT2D eigenvalue weighted by Crippen LogP contribution is -2.48. The molecule has 0 spiro atoms. The molecule has 5 aromatic rings. The molecule has 0 bridgehead atoms. The maximum absolute atomic E-state index is 13.0. The Kier molecular flexibility index (Phi) is 13.4. The Hall–Kier alpha value is -5.93. The molecule has 15 nitrogen and oxygen atoms in total. The van der Waals surface area contributed by atoms with Crippen LogP contribution in [0.25, 0.3) is 22.5 Å². The third-order valence-corrected chi connectivity index (χ3v) is 9.05. The number of carbonyl (C=O) groups excluding carboxylic acids is 3. The number of aromatic nitrogens is 6. The van der Waals surface area contributed by atoms with Gasteiger partial charge in [-0.1, -0.05) is 104 Å². The maximum Gasteiger partial charge on any atom is 0.326 e. The standard InChI is InChI=1S/C37H40ClN9O6/c1-2-3-13-31-41-33(38)30(47(31)22-24-14-16-25(17-15-24)26-11-7-8-12-27(26)34-42-45-46-43-34)21-39-32(48)19-18-29(37(51)52)40-35(49)28(36(50)44-53)20-23-9-5-4-6-10-23/h4-12,14-17,28-29,53H,2-3,13,18-22H2,1H3,(H,39,48)(H,40,49)(H,44,50)(H,51,52)(H,42,43,45,46)/t28?,29-/m1/s1. The van der Waals surface area contributed by atoms with E-state index >= 15 is 0 Å². The number of amides is 3. The fourth-order valence-corrected chi connectivity index (χ4v) is 6.15. The van der Waals surface area contributed by atoms with Gasteiger partial charge in [-0.2, -0.15) is 0 Å². The Morgan fingerprint density at radius 2 is 1.64 bits per heavy atom. The zero-order valence-corrected chi connectivity index (χ0v) is 29.7. The molecule has 16 heteroatoms. The number of hydrogen-bond donors (Lipinski definition) is 6. The summed E-state index contributed by atoms with van der Waals surface area (Å²) in [5.41, 5.74) is 6.48. The lowest BCUT2D eigenvalue weighted by atomic mass is 9.97. The van der Waals surface area contributed by atoms with Gasteiger partial charge in [-0.15, -0.1) is 5.10 Å². The van der Waals surface area contributed by atoms with Gasteiger partial charge in [-0.3, -0.25) is 19.6 Å². The van der Waals surface area contributed by atoms with Gasteiger partial charge < -0.3 is 20.3 Å². The van der Waals surface area contributed by atoms with Gasteiger partial charge in [-0.05, 0) is 51.9 Å². The molecule has 0 aliphatic heterocycles. The number of imidazole rings is 1. The highest BCUT2D eigenvalue weighted by molar-refractivity contribution is 6.30. The molecule has 53 heavy (non-hydrogen) atoms. The summed E-state index contributed by atoms with van der Waals surface area (Å²) < 4.78 is 1.99. The van der Waals surface area contributed by atoms with Crippen LogP contribution in [-0.2, 0) is 45.1 Å². The number of rotatable bonds is 18. The summed E-state index contributed by atoms with van der Waals surface area (Å²) in [5.74, 6) is -3.78. The minimum absolute atomic E-state index is 0.0351. The number of aryl methyl sites for hydroxylation is 1. The van der Waals surface area contributed by atoms with Crippen LogP contribution >= 0.6 is 11.6 Å². The summed E-state index contributed by atoms with van der Waals surface area (Å²) in [7, 11) is 0. The van der Waals surface area contributed by atoms with Crippen molar-refractivity contribution < 1.29 is 29.5 Å². The van der Waals surface area contributed by atoms with E-state index in [9.17, 15) is 29.5 Å². The second kappa shape index (κ2) is 18.5. The van der Waals surface area contributed by atoms with E-state index in [2.05, 4.69) is 43.2 Å². The molecule has 0 saturated carbocycles. The van der Waals surface area contributed by atoms with Gasteiger partial charge in [0.25, 0.3) is 5.91 Å². The van der Waals surface area contributed by atoms with E-state index in [1.165, 1.54) is 5.48 Å². The molecule has 0 saturated heterocycles. The van der Waals surface area contributed by atoms with Crippen LogP contribution in [0.15, 0.2) is 78.9 Å². The maximum atomic E-state index is 13.0. The van der Waals surface area contributed by atoms with Crippen LogP contribution in [0.4, 0.5) is 0 Å². The van der Waals surface area contributed by atoms with Gasteiger partial charge >= 0.3 is 5.97 Å². The summed E-state index contributed by atoms with van der Waals surface area (Å²) in [6, 6.07) is 23.0. The van der Waals surface area contributed by atoms with E-state index < -0.39 is 35.7 Å². The number of unbranched alkanes of at least 4 members (excludes halogenated alkanes) is 1. The Morgan fingerprint density at radius 3 is 2.30 bits per heavy atom. The minimum Gasteiger partial charge on any atom is -0.480 e. The predicted octanol–water partition coefficient (Wildman–Crippen LogP) is 4.10. The molecule has 276 valence electrons. The Balaban J connectivity index is 1.24. The molecule has 0 aliphatic rings. The quantitative estimate of drug-likeness (QED) is 0.0429. The zero-order valence-electron chi connectivity index (χ0n) is 29.0. The largest absolute Gasteiger partial charge is 0.480 e. The summed E-state index contributed by atoms with van der Waals surface area (Å²) in [6.07, 6.45) is 1.96. The van der Waals surface area contributed by atoms with E-state index in [0.29, 0.717) is 30.0 Å². The molecule has 0 aliphatic carbocycles. The normalized spacial score (nSPS) is 12.1. The van der Waals surface area contributed by atoms with Gasteiger partial charge in [0.05, 0.1) is 12.2 Å². The molecular formula is C37H40ClN9O6. The van der Waals surface area contributed by atoms with Crippen LogP contribution in [0, 0.1) is 5.92 Å². The fourth-order valence-electron chi connectivity index (χ4n) is 5.88. The third-order valence-electron chi connectivity index (χ3n) is 8.74. The number of benzene rings is 3. The molecule has 6 N–H and O–H groups in total. The molecule has 2 aromatic heterocycles. The Bertz CT molecular complexity index is 2000. The van der Waals surface area contributed by atoms with Crippen LogP contribution < -0.4 is 16.1 Å². The number of carbonyl (C=O) groups is 4. The zero-order chi connectivity index (χ0) is 37.7. The Morgan fingerprint density at radius 1 is 0.925 bits per heavy atom. The number of carboxylic acid groups (broad SMARTS) is 1. The second-order valence-corrected chi connectivity index (χ2v) is 12.7. The van der Waals surface area contributed by atoms with Crippen molar-refractivity contribution in [1.82, 2.24) is 46.3 Å². The van der Waals surface area contributed by atoms with Crippen LogP contribution in [0.5, 0.6) is 0 Å². The molecule has 2 atom stereocenters. The lowest BCUT2D eigenvalue weighted by Gasteiger charge is -2.19. The molecular weight excluding hydrogens is 702 g/mol. The Labute approximate surface area is 310 Å². The van der Waals surface area contributed by atoms with Crippen LogP contribution in [0.1, 0.15) is 55.3 Å². The van der Waals surface area contributed by atoms with E-state index in [0.717, 1.165) is 40.9 Å².